The van der Waals surface area contributed by atoms with Gasteiger partial charge in [0.1, 0.15) is 5.75 Å². The van der Waals surface area contributed by atoms with Crippen molar-refractivity contribution in [2.24, 2.45) is 0 Å². The fraction of sp³-hybridized carbons (Fsp3) is 0.125. The monoisotopic (exact) mass is 299 g/mol. The topological polar surface area (TPSA) is 57.6 Å². The third-order valence-corrected chi connectivity index (χ3v) is 4.38. The Morgan fingerprint density at radius 3 is 2.14 bits per heavy atom. The summed E-state index contributed by atoms with van der Waals surface area (Å²) < 4.78 is 1.10. The molecule has 2 aromatic carbocycles. The number of carbonyl (C=O) groups excluding carboxylic acids is 2. The summed E-state index contributed by atoms with van der Waals surface area (Å²) in [5, 5.41) is 10.1. The minimum Gasteiger partial charge on any atom is -0.506 e. The lowest BCUT2D eigenvalue weighted by atomic mass is 10.1. The molecule has 0 aliphatic carbocycles. The Bertz CT molecular complexity index is 735. The maximum absolute atomic E-state index is 12.3. The number of aryl methyl sites for hydroxylation is 2. The quantitative estimate of drug-likeness (QED) is 0.683. The highest BCUT2D eigenvalue weighted by molar-refractivity contribution is 7.98. The normalized spacial score (nSPS) is 13.7. The SMILES string of the molecule is Cc1cc(C)c(O)c(SN2C(=O)c3ccccc3C2=O)c1. The molecule has 1 heterocycles. The summed E-state index contributed by atoms with van der Waals surface area (Å²) in [5.74, 6) is -0.597. The molecule has 1 N–H and O–H groups in total. The van der Waals surface area contributed by atoms with Crippen LogP contribution in [0.2, 0.25) is 0 Å². The Morgan fingerprint density at radius 2 is 1.57 bits per heavy atom. The average molecular weight is 299 g/mol. The number of hydrogen-bond donors (Lipinski definition) is 1. The summed E-state index contributed by atoms with van der Waals surface area (Å²) >= 11 is 0.963. The second kappa shape index (κ2) is 4.93. The van der Waals surface area contributed by atoms with Crippen molar-refractivity contribution in [3.63, 3.8) is 0 Å². The molecule has 2 amide bonds. The zero-order valence-electron chi connectivity index (χ0n) is 11.6. The molecule has 0 spiro atoms. The summed E-state index contributed by atoms with van der Waals surface area (Å²) in [6.07, 6.45) is 0. The van der Waals surface area contributed by atoms with Crippen LogP contribution in [0.3, 0.4) is 0 Å². The van der Waals surface area contributed by atoms with Crippen LogP contribution in [0.15, 0.2) is 41.3 Å². The first kappa shape index (κ1) is 13.7. The molecule has 0 bridgehead atoms. The van der Waals surface area contributed by atoms with Gasteiger partial charge in [-0.1, -0.05) is 18.2 Å². The maximum Gasteiger partial charge on any atom is 0.272 e. The van der Waals surface area contributed by atoms with Gasteiger partial charge in [-0.15, -0.1) is 0 Å². The number of nitrogens with zero attached hydrogens (tertiary/aromatic N) is 1. The first-order valence-corrected chi connectivity index (χ1v) is 7.22. The van der Waals surface area contributed by atoms with E-state index in [4.69, 9.17) is 0 Å². The van der Waals surface area contributed by atoms with E-state index in [9.17, 15) is 14.7 Å². The highest BCUT2D eigenvalue weighted by Gasteiger charge is 2.36. The fourth-order valence-electron chi connectivity index (χ4n) is 2.34. The molecule has 0 unspecified atom stereocenters. The van der Waals surface area contributed by atoms with Crippen LogP contribution in [0.25, 0.3) is 0 Å². The Morgan fingerprint density at radius 1 is 1.00 bits per heavy atom. The van der Waals surface area contributed by atoms with Crippen LogP contribution in [0, 0.1) is 13.8 Å². The smallest absolute Gasteiger partial charge is 0.272 e. The van der Waals surface area contributed by atoms with Crippen molar-refractivity contribution in [3.8, 4) is 5.75 Å². The lowest BCUT2D eigenvalue weighted by Gasteiger charge is -2.14. The van der Waals surface area contributed by atoms with Crippen LogP contribution in [0.5, 0.6) is 5.75 Å². The van der Waals surface area contributed by atoms with Crippen LogP contribution in [-0.4, -0.2) is 21.2 Å². The van der Waals surface area contributed by atoms with E-state index < -0.39 is 0 Å². The van der Waals surface area contributed by atoms with Gasteiger partial charge in [-0.05, 0) is 43.2 Å². The average Bonchev–Trinajstić information content (AvgIpc) is 2.70. The number of aromatic hydroxyl groups is 1. The molecule has 1 aliphatic rings. The van der Waals surface area contributed by atoms with Gasteiger partial charge in [0, 0.05) is 11.9 Å². The van der Waals surface area contributed by atoms with Gasteiger partial charge in [-0.2, -0.15) is 0 Å². The largest absolute Gasteiger partial charge is 0.506 e. The Labute approximate surface area is 126 Å². The predicted octanol–water partition coefficient (Wildman–Crippen LogP) is 3.31. The van der Waals surface area contributed by atoms with E-state index in [1.165, 1.54) is 0 Å². The second-order valence-corrected chi connectivity index (χ2v) is 5.96. The van der Waals surface area contributed by atoms with Crippen LogP contribution in [0.4, 0.5) is 0 Å². The molecule has 3 rings (SSSR count). The number of imide groups is 1. The molecule has 21 heavy (non-hydrogen) atoms. The molecule has 2 aromatic rings. The van der Waals surface area contributed by atoms with Crippen molar-refractivity contribution >= 4 is 23.8 Å². The molecule has 0 saturated heterocycles. The molecule has 4 nitrogen and oxygen atoms in total. The molecule has 1 aliphatic heterocycles. The van der Waals surface area contributed by atoms with Crippen LogP contribution in [0.1, 0.15) is 31.8 Å². The van der Waals surface area contributed by atoms with Crippen LogP contribution in [-0.2, 0) is 0 Å². The summed E-state index contributed by atoms with van der Waals surface area (Å²) in [5.41, 5.74) is 2.48. The second-order valence-electron chi connectivity index (χ2n) is 4.97. The molecule has 0 fully saturated rings. The number of rotatable bonds is 2. The van der Waals surface area contributed by atoms with Gasteiger partial charge in [0.25, 0.3) is 11.8 Å². The van der Waals surface area contributed by atoms with Gasteiger partial charge in [-0.3, -0.25) is 9.59 Å². The summed E-state index contributed by atoms with van der Waals surface area (Å²) in [4.78, 5) is 25.1. The van der Waals surface area contributed by atoms with Crippen molar-refractivity contribution < 1.29 is 14.7 Å². The molecular formula is C16H13NO3S. The minimum absolute atomic E-state index is 0.0992. The van der Waals surface area contributed by atoms with E-state index in [2.05, 4.69) is 0 Å². The Balaban J connectivity index is 1.98. The van der Waals surface area contributed by atoms with Crippen LogP contribution >= 0.6 is 11.9 Å². The highest BCUT2D eigenvalue weighted by atomic mass is 32.2. The van der Waals surface area contributed by atoms with E-state index in [0.29, 0.717) is 21.6 Å². The van der Waals surface area contributed by atoms with Crippen LogP contribution < -0.4 is 0 Å². The Hall–Kier alpha value is -2.27. The molecule has 0 radical (unpaired) electrons. The predicted molar refractivity (Wildman–Crippen MR) is 80.4 cm³/mol. The van der Waals surface area contributed by atoms with Gasteiger partial charge in [0.15, 0.2) is 0 Å². The molecule has 0 aromatic heterocycles. The van der Waals surface area contributed by atoms with Gasteiger partial charge in [-0.25, -0.2) is 4.31 Å². The third-order valence-electron chi connectivity index (χ3n) is 3.36. The third kappa shape index (κ3) is 2.19. The van der Waals surface area contributed by atoms with Crippen molar-refractivity contribution in [1.82, 2.24) is 4.31 Å². The van der Waals surface area contributed by atoms with Gasteiger partial charge >= 0.3 is 0 Å². The summed E-state index contributed by atoms with van der Waals surface area (Å²) in [6, 6.07) is 10.3. The van der Waals surface area contributed by atoms with E-state index in [1.54, 1.807) is 37.3 Å². The first-order valence-electron chi connectivity index (χ1n) is 6.45. The number of hydrogen-bond acceptors (Lipinski definition) is 4. The molecular weight excluding hydrogens is 286 g/mol. The molecule has 0 saturated carbocycles. The van der Waals surface area contributed by atoms with E-state index >= 15 is 0 Å². The number of phenols is 1. The van der Waals surface area contributed by atoms with Crippen molar-refractivity contribution in [1.29, 1.82) is 0 Å². The minimum atomic E-state index is -0.348. The van der Waals surface area contributed by atoms with Crippen molar-refractivity contribution in [2.45, 2.75) is 18.7 Å². The first-order chi connectivity index (χ1) is 9.99. The van der Waals surface area contributed by atoms with E-state index in [0.717, 1.165) is 21.8 Å². The highest BCUT2D eigenvalue weighted by Crippen LogP contribution is 2.38. The Kier molecular flexibility index (Phi) is 3.22. The molecule has 5 heteroatoms. The number of benzene rings is 2. The molecule has 106 valence electrons. The van der Waals surface area contributed by atoms with Crippen molar-refractivity contribution in [2.75, 3.05) is 0 Å². The van der Waals surface area contributed by atoms with E-state index in [-0.39, 0.29) is 17.6 Å². The van der Waals surface area contributed by atoms with Gasteiger partial charge in [0.2, 0.25) is 0 Å². The van der Waals surface area contributed by atoms with E-state index in [1.807, 2.05) is 13.0 Å². The molecule has 0 atom stereocenters. The number of carbonyl (C=O) groups is 2. The zero-order valence-corrected chi connectivity index (χ0v) is 12.4. The number of fused-ring (bicyclic) bond motifs is 1. The lowest BCUT2D eigenvalue weighted by molar-refractivity contribution is 0.0777. The number of phenolic OH excluding ortho intramolecular Hbond substituents is 1. The van der Waals surface area contributed by atoms with Gasteiger partial charge < -0.3 is 5.11 Å². The van der Waals surface area contributed by atoms with Crippen molar-refractivity contribution in [3.05, 3.63) is 58.7 Å². The standard InChI is InChI=1S/C16H13NO3S/c1-9-7-10(2)14(18)13(8-9)21-17-15(19)11-5-3-4-6-12(11)16(17)20/h3-8,18H,1-2H3. The summed E-state index contributed by atoms with van der Waals surface area (Å²) in [7, 11) is 0. The summed E-state index contributed by atoms with van der Waals surface area (Å²) in [6.45, 7) is 3.69. The fourth-order valence-corrected chi connectivity index (χ4v) is 3.38. The zero-order chi connectivity index (χ0) is 15.1. The van der Waals surface area contributed by atoms with Gasteiger partial charge in [0.05, 0.1) is 16.0 Å². The number of amides is 2. The lowest BCUT2D eigenvalue weighted by Crippen LogP contribution is -2.21. The maximum atomic E-state index is 12.3.